The van der Waals surface area contributed by atoms with Crippen molar-refractivity contribution in [3.63, 3.8) is 0 Å². The van der Waals surface area contributed by atoms with Crippen molar-refractivity contribution in [3.05, 3.63) is 80.1 Å². The Morgan fingerprint density at radius 2 is 1.49 bits per heavy atom. The van der Waals surface area contributed by atoms with Gasteiger partial charge in [-0.05, 0) is 72.4 Å². The van der Waals surface area contributed by atoms with Crippen LogP contribution < -0.4 is 10.1 Å². The molecule has 2 aromatic rings. The molecule has 1 amide bonds. The van der Waals surface area contributed by atoms with E-state index in [1.165, 1.54) is 0 Å². The molecule has 0 spiro atoms. The summed E-state index contributed by atoms with van der Waals surface area (Å²) >= 11 is 13.5. The van der Waals surface area contributed by atoms with E-state index in [-0.39, 0.29) is 50.7 Å². The first kappa shape index (κ1) is 31.3. The van der Waals surface area contributed by atoms with Crippen molar-refractivity contribution in [2.75, 3.05) is 18.5 Å². The molecule has 8 heteroatoms. The molecule has 0 saturated carbocycles. The number of aryl methyl sites for hydroxylation is 1. The predicted octanol–water partition coefficient (Wildman–Crippen LogP) is 8.41. The number of allylic oxidation sites excluding steroid dienone is 4. The van der Waals surface area contributed by atoms with Crippen LogP contribution in [0.2, 0.25) is 10.0 Å². The normalized spacial score (nSPS) is 19.8. The summed E-state index contributed by atoms with van der Waals surface area (Å²) in [4.78, 5) is 42.7. The highest BCUT2D eigenvalue weighted by Gasteiger charge is 2.49. The second-order valence-electron chi connectivity index (χ2n) is 13.7. The zero-order valence-electron chi connectivity index (χ0n) is 25.8. The second kappa shape index (κ2) is 11.8. The van der Waals surface area contributed by atoms with E-state index in [1.54, 1.807) is 18.2 Å². The zero-order chi connectivity index (χ0) is 31.3. The number of rotatable bonds is 7. The number of benzene rings is 2. The van der Waals surface area contributed by atoms with Gasteiger partial charge in [0.1, 0.15) is 0 Å². The summed E-state index contributed by atoms with van der Waals surface area (Å²) in [5.41, 5.74) is 5.38. The van der Waals surface area contributed by atoms with Gasteiger partial charge in [-0.15, -0.1) is 0 Å². The lowest BCUT2D eigenvalue weighted by Gasteiger charge is -2.49. The summed E-state index contributed by atoms with van der Waals surface area (Å²) in [6, 6.07) is 10.9. The summed E-state index contributed by atoms with van der Waals surface area (Å²) in [5, 5.41) is 3.25. The van der Waals surface area contributed by atoms with E-state index in [2.05, 4.69) is 44.8 Å². The van der Waals surface area contributed by atoms with E-state index in [0.717, 1.165) is 42.8 Å². The fraction of sp³-hybridized carbons (Fsp3) is 0.457. The Bertz CT molecular complexity index is 1490. The summed E-state index contributed by atoms with van der Waals surface area (Å²) in [6.07, 6.45) is 3.19. The number of hydrogen-bond acceptors (Lipinski definition) is 5. The smallest absolute Gasteiger partial charge is 0.262 e. The van der Waals surface area contributed by atoms with E-state index in [9.17, 15) is 14.4 Å². The Labute approximate surface area is 264 Å². The number of nitrogens with zero attached hydrogens (tertiary/aromatic N) is 1. The summed E-state index contributed by atoms with van der Waals surface area (Å²) in [7, 11) is 0. The lowest BCUT2D eigenvalue weighted by molar-refractivity contribution is -0.120. The Balaban J connectivity index is 1.53. The number of carbonyl (C=O) groups excluding carboxylic acids is 3. The lowest BCUT2D eigenvalue weighted by Crippen LogP contribution is -2.44. The molecular formula is C35H40Cl2N2O4. The SMILES string of the molecule is CCCN1C2=C(C(=O)CC(C)(C)C2)C(c2cc(Cl)c(OCC(=O)Nc3cccc(C)c3)c(Cl)c2)C2=C1CC(C)(C)CC2=O. The minimum atomic E-state index is -0.557. The molecule has 6 nitrogen and oxygen atoms in total. The minimum absolute atomic E-state index is 0.0573. The Hall–Kier alpha value is -3.09. The van der Waals surface area contributed by atoms with Crippen LogP contribution in [0.15, 0.2) is 58.9 Å². The van der Waals surface area contributed by atoms with E-state index in [4.69, 9.17) is 27.9 Å². The van der Waals surface area contributed by atoms with Gasteiger partial charge in [0, 0.05) is 53.5 Å². The molecule has 3 aliphatic rings. The molecule has 228 valence electrons. The van der Waals surface area contributed by atoms with Crippen molar-refractivity contribution in [2.45, 2.75) is 79.6 Å². The molecule has 5 rings (SSSR count). The molecule has 1 N–H and O–H groups in total. The van der Waals surface area contributed by atoms with Gasteiger partial charge in [0.25, 0.3) is 5.91 Å². The van der Waals surface area contributed by atoms with Gasteiger partial charge in [-0.1, -0.05) is 70.0 Å². The third-order valence-corrected chi connectivity index (χ3v) is 9.03. The molecule has 2 aromatic carbocycles. The molecule has 0 radical (unpaired) electrons. The molecule has 0 saturated heterocycles. The number of anilines is 1. The van der Waals surface area contributed by atoms with Crippen LogP contribution in [0.25, 0.3) is 0 Å². The quantitative estimate of drug-likeness (QED) is 0.335. The van der Waals surface area contributed by atoms with Crippen LogP contribution in [-0.2, 0) is 14.4 Å². The Morgan fingerprint density at radius 1 is 0.930 bits per heavy atom. The van der Waals surface area contributed by atoms with Crippen LogP contribution in [0.4, 0.5) is 5.69 Å². The maximum atomic E-state index is 13.9. The maximum Gasteiger partial charge on any atom is 0.262 e. The minimum Gasteiger partial charge on any atom is -0.481 e. The van der Waals surface area contributed by atoms with E-state index in [0.29, 0.717) is 35.2 Å². The molecule has 1 heterocycles. The predicted molar refractivity (Wildman–Crippen MR) is 172 cm³/mol. The van der Waals surface area contributed by atoms with E-state index >= 15 is 0 Å². The Kier molecular flexibility index (Phi) is 8.58. The van der Waals surface area contributed by atoms with Gasteiger partial charge in [0.15, 0.2) is 23.9 Å². The summed E-state index contributed by atoms with van der Waals surface area (Å²) < 4.78 is 5.79. The number of Topliss-reactive ketones (excluding diaryl/α,β-unsaturated/α-hetero) is 2. The van der Waals surface area contributed by atoms with Gasteiger partial charge in [0.2, 0.25) is 0 Å². The van der Waals surface area contributed by atoms with Crippen molar-refractivity contribution in [2.24, 2.45) is 10.8 Å². The number of ketones is 2. The first-order valence-corrected chi connectivity index (χ1v) is 15.7. The number of amides is 1. The largest absolute Gasteiger partial charge is 0.481 e. The van der Waals surface area contributed by atoms with E-state index in [1.807, 2.05) is 25.1 Å². The zero-order valence-corrected chi connectivity index (χ0v) is 27.3. The molecule has 0 atom stereocenters. The van der Waals surface area contributed by atoms with Gasteiger partial charge in [0.05, 0.1) is 10.0 Å². The first-order chi connectivity index (χ1) is 20.2. The molecule has 0 bridgehead atoms. The number of ether oxygens (including phenoxy) is 1. The highest BCUT2D eigenvalue weighted by Crippen LogP contribution is 2.55. The van der Waals surface area contributed by atoms with E-state index < -0.39 is 5.92 Å². The van der Waals surface area contributed by atoms with Gasteiger partial charge in [-0.3, -0.25) is 14.4 Å². The summed E-state index contributed by atoms with van der Waals surface area (Å²) in [5.74, 6) is -0.603. The lowest BCUT2D eigenvalue weighted by atomic mass is 9.63. The molecule has 43 heavy (non-hydrogen) atoms. The van der Waals surface area contributed by atoms with Crippen LogP contribution in [0.5, 0.6) is 5.75 Å². The van der Waals surface area contributed by atoms with Crippen molar-refractivity contribution in [1.29, 1.82) is 0 Å². The Morgan fingerprint density at radius 3 is 2.00 bits per heavy atom. The average Bonchev–Trinajstić information content (AvgIpc) is 2.87. The van der Waals surface area contributed by atoms with Crippen molar-refractivity contribution in [3.8, 4) is 5.75 Å². The number of carbonyl (C=O) groups is 3. The number of halogens is 2. The molecule has 0 fully saturated rings. The van der Waals surface area contributed by atoms with Gasteiger partial charge in [-0.25, -0.2) is 0 Å². The van der Waals surface area contributed by atoms with Crippen molar-refractivity contribution >= 4 is 46.4 Å². The van der Waals surface area contributed by atoms with Crippen molar-refractivity contribution in [1.82, 2.24) is 4.90 Å². The summed E-state index contributed by atoms with van der Waals surface area (Å²) in [6.45, 7) is 13.0. The first-order valence-electron chi connectivity index (χ1n) is 15.0. The standard InChI is InChI=1S/C35H40Cl2N2O4/c1-7-11-39-25-15-34(3,4)17-27(40)31(25)30(32-26(39)16-35(5,6)18-28(32)41)21-13-23(36)33(24(37)14-21)43-19-29(42)38-22-10-8-9-20(2)12-22/h8-10,12-14,30H,7,11,15-19H2,1-6H3,(H,38,42). The molecule has 0 unspecified atom stereocenters. The molecule has 2 aliphatic carbocycles. The monoisotopic (exact) mass is 622 g/mol. The third kappa shape index (κ3) is 6.41. The molecule has 1 aliphatic heterocycles. The average molecular weight is 624 g/mol. The number of hydrogen-bond donors (Lipinski definition) is 1. The highest BCUT2D eigenvalue weighted by atomic mass is 35.5. The van der Waals surface area contributed by atoms with Crippen LogP contribution in [0.3, 0.4) is 0 Å². The van der Waals surface area contributed by atoms with Gasteiger partial charge < -0.3 is 15.0 Å². The van der Waals surface area contributed by atoms with Gasteiger partial charge >= 0.3 is 0 Å². The van der Waals surface area contributed by atoms with Crippen molar-refractivity contribution < 1.29 is 19.1 Å². The molecule has 0 aromatic heterocycles. The van der Waals surface area contributed by atoms with Crippen LogP contribution >= 0.6 is 23.2 Å². The van der Waals surface area contributed by atoms with Gasteiger partial charge in [-0.2, -0.15) is 0 Å². The highest BCUT2D eigenvalue weighted by molar-refractivity contribution is 6.37. The second-order valence-corrected chi connectivity index (χ2v) is 14.5. The third-order valence-electron chi connectivity index (χ3n) is 8.47. The van der Waals surface area contributed by atoms with Crippen LogP contribution in [0, 0.1) is 17.8 Å². The fourth-order valence-corrected chi connectivity index (χ4v) is 7.43. The van der Waals surface area contributed by atoms with Crippen LogP contribution in [-0.4, -0.2) is 35.5 Å². The van der Waals surface area contributed by atoms with Crippen LogP contribution in [0.1, 0.15) is 83.8 Å². The number of nitrogens with one attached hydrogen (secondary N) is 1. The molecular weight excluding hydrogens is 583 g/mol. The fourth-order valence-electron chi connectivity index (χ4n) is 6.82. The topological polar surface area (TPSA) is 75.7 Å². The maximum absolute atomic E-state index is 13.9.